The van der Waals surface area contributed by atoms with Crippen LogP contribution >= 0.6 is 24.0 Å². The lowest BCUT2D eigenvalue weighted by Gasteiger charge is -2.22. The maximum atomic E-state index is 12.0. The van der Waals surface area contributed by atoms with Gasteiger partial charge in [0.15, 0.2) is 0 Å². The number of nitrogens with one attached hydrogen (secondary N) is 1. The Morgan fingerprint density at radius 1 is 1.41 bits per heavy atom. The summed E-state index contributed by atoms with van der Waals surface area (Å²) in [5.41, 5.74) is 3.27. The molecule has 5 heteroatoms. The van der Waals surface area contributed by atoms with Crippen LogP contribution in [0.5, 0.6) is 0 Å². The number of aryl methyl sites for hydroxylation is 2. The number of carbonyl (C=O) groups excluding carboxylic acids is 1. The molecule has 1 fully saturated rings. The van der Waals surface area contributed by atoms with Gasteiger partial charge in [-0.25, -0.2) is 0 Å². The van der Waals surface area contributed by atoms with E-state index in [1.54, 1.807) is 4.90 Å². The van der Waals surface area contributed by atoms with Crippen LogP contribution < -0.4 is 10.2 Å². The molecule has 1 amide bonds. The first-order valence-corrected chi connectivity index (χ1v) is 6.75. The highest BCUT2D eigenvalue weighted by atomic mass is 32.2. The highest BCUT2D eigenvalue weighted by Crippen LogP contribution is 2.23. The van der Waals surface area contributed by atoms with Gasteiger partial charge >= 0.3 is 0 Å². The SMILES string of the molecule is Cc1ccc(N2CNC(=S)SCC2=O)c(C)c1. The minimum atomic E-state index is 0.0919. The van der Waals surface area contributed by atoms with Crippen molar-refractivity contribution in [2.45, 2.75) is 13.8 Å². The molecule has 0 spiro atoms. The van der Waals surface area contributed by atoms with E-state index in [-0.39, 0.29) is 5.91 Å². The van der Waals surface area contributed by atoms with Crippen molar-refractivity contribution in [3.8, 4) is 0 Å². The number of anilines is 1. The predicted molar refractivity (Wildman–Crippen MR) is 76.5 cm³/mol. The molecule has 0 radical (unpaired) electrons. The highest BCUT2D eigenvalue weighted by molar-refractivity contribution is 8.23. The predicted octanol–water partition coefficient (Wildman–Crippen LogP) is 2.22. The van der Waals surface area contributed by atoms with Crippen LogP contribution in [0.15, 0.2) is 18.2 Å². The molecule has 0 unspecified atom stereocenters. The second-order valence-electron chi connectivity index (χ2n) is 4.02. The van der Waals surface area contributed by atoms with Crippen LogP contribution in [-0.4, -0.2) is 22.6 Å². The Bertz CT molecular complexity index is 474. The van der Waals surface area contributed by atoms with Gasteiger partial charge in [0.2, 0.25) is 5.91 Å². The summed E-state index contributed by atoms with van der Waals surface area (Å²) in [5, 5.41) is 3.06. The summed E-state index contributed by atoms with van der Waals surface area (Å²) >= 11 is 6.46. The van der Waals surface area contributed by atoms with Gasteiger partial charge in [-0.2, -0.15) is 0 Å². The van der Waals surface area contributed by atoms with Gasteiger partial charge in [-0.15, -0.1) is 0 Å². The Morgan fingerprint density at radius 2 is 2.18 bits per heavy atom. The Hall–Kier alpha value is -1.07. The molecule has 3 nitrogen and oxygen atoms in total. The first kappa shape index (κ1) is 12.4. The summed E-state index contributed by atoms with van der Waals surface area (Å²) in [4.78, 5) is 13.8. The van der Waals surface area contributed by atoms with Gasteiger partial charge in [0.1, 0.15) is 4.32 Å². The van der Waals surface area contributed by atoms with Gasteiger partial charge in [-0.1, -0.05) is 41.7 Å². The topological polar surface area (TPSA) is 32.3 Å². The standard InChI is InChI=1S/C12H14N2OS2/c1-8-3-4-10(9(2)5-8)14-7-13-12(16)17-6-11(14)15/h3-5H,6-7H2,1-2H3,(H,13,16). The van der Waals surface area contributed by atoms with Crippen LogP contribution in [-0.2, 0) is 4.79 Å². The minimum absolute atomic E-state index is 0.0919. The van der Waals surface area contributed by atoms with Crippen molar-refractivity contribution in [1.29, 1.82) is 0 Å². The van der Waals surface area contributed by atoms with E-state index >= 15 is 0 Å². The Labute approximate surface area is 111 Å². The molecule has 1 aromatic carbocycles. The molecule has 1 saturated heterocycles. The van der Waals surface area contributed by atoms with E-state index in [9.17, 15) is 4.79 Å². The van der Waals surface area contributed by atoms with Crippen LogP contribution in [0.25, 0.3) is 0 Å². The number of rotatable bonds is 1. The van der Waals surface area contributed by atoms with Crippen molar-refractivity contribution in [3.63, 3.8) is 0 Å². The molecular weight excluding hydrogens is 252 g/mol. The zero-order valence-electron chi connectivity index (χ0n) is 9.82. The number of nitrogens with zero attached hydrogens (tertiary/aromatic N) is 1. The number of amides is 1. The van der Waals surface area contributed by atoms with E-state index in [4.69, 9.17) is 12.2 Å². The highest BCUT2D eigenvalue weighted by Gasteiger charge is 2.21. The Kier molecular flexibility index (Phi) is 3.69. The molecular formula is C12H14N2OS2. The second kappa shape index (κ2) is 5.06. The van der Waals surface area contributed by atoms with Crippen LogP contribution in [0.2, 0.25) is 0 Å². The molecule has 17 heavy (non-hydrogen) atoms. The molecule has 1 heterocycles. The molecule has 2 rings (SSSR count). The average Bonchev–Trinajstić information content (AvgIpc) is 2.43. The fraction of sp³-hybridized carbons (Fsp3) is 0.333. The molecule has 1 N–H and O–H groups in total. The average molecular weight is 266 g/mol. The summed E-state index contributed by atoms with van der Waals surface area (Å²) < 4.78 is 0.686. The maximum Gasteiger partial charge on any atom is 0.238 e. The lowest BCUT2D eigenvalue weighted by atomic mass is 10.1. The number of carbonyl (C=O) groups is 1. The summed E-state index contributed by atoms with van der Waals surface area (Å²) in [7, 11) is 0. The van der Waals surface area contributed by atoms with Crippen molar-refractivity contribution < 1.29 is 4.79 Å². The number of hydrogen-bond acceptors (Lipinski definition) is 3. The Morgan fingerprint density at radius 3 is 2.88 bits per heavy atom. The molecule has 0 aromatic heterocycles. The van der Waals surface area contributed by atoms with E-state index in [1.165, 1.54) is 17.3 Å². The minimum Gasteiger partial charge on any atom is -0.353 e. The molecule has 0 saturated carbocycles. The zero-order valence-corrected chi connectivity index (χ0v) is 11.5. The maximum absolute atomic E-state index is 12.0. The van der Waals surface area contributed by atoms with Crippen LogP contribution in [0.4, 0.5) is 5.69 Å². The van der Waals surface area contributed by atoms with Crippen molar-refractivity contribution in [1.82, 2.24) is 5.32 Å². The van der Waals surface area contributed by atoms with E-state index in [2.05, 4.69) is 11.4 Å². The zero-order chi connectivity index (χ0) is 12.4. The monoisotopic (exact) mass is 266 g/mol. The molecule has 90 valence electrons. The van der Waals surface area contributed by atoms with E-state index < -0.39 is 0 Å². The van der Waals surface area contributed by atoms with Gasteiger partial charge in [0, 0.05) is 5.69 Å². The molecule has 0 bridgehead atoms. The number of thiocarbonyl (C=S) groups is 1. The van der Waals surface area contributed by atoms with Crippen molar-refractivity contribution in [2.75, 3.05) is 17.3 Å². The molecule has 0 aliphatic carbocycles. The molecule has 1 aliphatic heterocycles. The molecule has 0 atom stereocenters. The normalized spacial score (nSPS) is 16.7. The van der Waals surface area contributed by atoms with Crippen molar-refractivity contribution in [3.05, 3.63) is 29.3 Å². The molecule has 1 aliphatic rings. The number of benzene rings is 1. The van der Waals surface area contributed by atoms with Gasteiger partial charge in [-0.3, -0.25) is 9.69 Å². The number of hydrogen-bond donors (Lipinski definition) is 1. The lowest BCUT2D eigenvalue weighted by Crippen LogP contribution is -2.38. The first-order valence-electron chi connectivity index (χ1n) is 5.36. The third kappa shape index (κ3) is 2.79. The quantitative estimate of drug-likeness (QED) is 0.790. The summed E-state index contributed by atoms with van der Waals surface area (Å²) in [6, 6.07) is 6.09. The second-order valence-corrected chi connectivity index (χ2v) is 5.67. The van der Waals surface area contributed by atoms with Gasteiger partial charge in [0.05, 0.1) is 12.4 Å². The summed E-state index contributed by atoms with van der Waals surface area (Å²) in [5.74, 6) is 0.494. The number of thioether (sulfide) groups is 1. The van der Waals surface area contributed by atoms with Crippen LogP contribution in [0.1, 0.15) is 11.1 Å². The lowest BCUT2D eigenvalue weighted by molar-refractivity contribution is -0.116. The van der Waals surface area contributed by atoms with Crippen LogP contribution in [0, 0.1) is 13.8 Å². The fourth-order valence-corrected chi connectivity index (χ4v) is 2.63. The third-order valence-corrected chi connectivity index (χ3v) is 3.95. The van der Waals surface area contributed by atoms with E-state index in [0.717, 1.165) is 11.3 Å². The van der Waals surface area contributed by atoms with Gasteiger partial charge in [0.25, 0.3) is 0 Å². The third-order valence-electron chi connectivity index (χ3n) is 2.65. The van der Waals surface area contributed by atoms with Crippen molar-refractivity contribution in [2.24, 2.45) is 0 Å². The first-order chi connectivity index (χ1) is 8.08. The van der Waals surface area contributed by atoms with Crippen molar-refractivity contribution >= 4 is 39.9 Å². The molecule has 1 aromatic rings. The largest absolute Gasteiger partial charge is 0.353 e. The van der Waals surface area contributed by atoms with E-state index in [0.29, 0.717) is 16.7 Å². The van der Waals surface area contributed by atoms with Crippen LogP contribution in [0.3, 0.4) is 0 Å². The fourth-order valence-electron chi connectivity index (χ4n) is 1.82. The smallest absolute Gasteiger partial charge is 0.238 e. The Balaban J connectivity index is 2.31. The summed E-state index contributed by atoms with van der Waals surface area (Å²) in [6.07, 6.45) is 0. The van der Waals surface area contributed by atoms with E-state index in [1.807, 2.05) is 26.0 Å². The van der Waals surface area contributed by atoms with Gasteiger partial charge in [-0.05, 0) is 25.5 Å². The summed E-state index contributed by atoms with van der Waals surface area (Å²) in [6.45, 7) is 4.52. The van der Waals surface area contributed by atoms with Gasteiger partial charge < -0.3 is 5.32 Å².